The largest absolute Gasteiger partial charge is 0.454 e. The zero-order valence-electron chi connectivity index (χ0n) is 15.7. The Morgan fingerprint density at radius 1 is 1.14 bits per heavy atom. The summed E-state index contributed by atoms with van der Waals surface area (Å²) in [5, 5.41) is 0. The summed E-state index contributed by atoms with van der Waals surface area (Å²) in [7, 11) is 0. The Bertz CT molecular complexity index is 1050. The predicted molar refractivity (Wildman–Crippen MR) is 115 cm³/mol. The number of thiocarbonyl (C=S) groups is 1. The van der Waals surface area contributed by atoms with Gasteiger partial charge in [0.1, 0.15) is 4.32 Å². The molecule has 1 fully saturated rings. The van der Waals surface area contributed by atoms with Gasteiger partial charge < -0.3 is 18.9 Å². The first-order valence-corrected chi connectivity index (χ1v) is 11.0. The molecule has 0 saturated carbocycles. The molecule has 2 aromatic rings. The fourth-order valence-corrected chi connectivity index (χ4v) is 5.50. The number of hydrogen-bond donors (Lipinski definition) is 0. The molecule has 4 heterocycles. The number of ketones is 1. The van der Waals surface area contributed by atoms with Crippen molar-refractivity contribution in [3.63, 3.8) is 0 Å². The van der Waals surface area contributed by atoms with E-state index in [1.165, 1.54) is 11.8 Å². The van der Waals surface area contributed by atoms with Gasteiger partial charge in [0.15, 0.2) is 17.3 Å². The third-order valence-electron chi connectivity index (χ3n) is 5.76. The summed E-state index contributed by atoms with van der Waals surface area (Å²) in [6.07, 6.45) is 1.09. The number of benzene rings is 1. The van der Waals surface area contributed by atoms with Crippen LogP contribution in [0.25, 0.3) is 0 Å². The monoisotopic (exact) mass is 428 g/mol. The van der Waals surface area contributed by atoms with Crippen LogP contribution < -0.4 is 15.0 Å². The molecule has 1 saturated heterocycles. The molecule has 6 nitrogen and oxygen atoms in total. The molecule has 150 valence electrons. The van der Waals surface area contributed by atoms with Crippen LogP contribution in [-0.4, -0.2) is 45.2 Å². The molecule has 29 heavy (non-hydrogen) atoms. The lowest BCUT2D eigenvalue weighted by atomic mass is 9.83. The van der Waals surface area contributed by atoms with Gasteiger partial charge in [0.05, 0.1) is 5.75 Å². The first-order valence-electron chi connectivity index (χ1n) is 9.63. The van der Waals surface area contributed by atoms with Crippen LogP contribution in [0.3, 0.4) is 0 Å². The van der Waals surface area contributed by atoms with Crippen LogP contribution in [-0.2, 0) is 6.54 Å². The molecule has 8 heteroatoms. The maximum absolute atomic E-state index is 12.6. The minimum absolute atomic E-state index is 0.0183. The SMILES string of the molecule is O=C(CSC(=S)N1C[C@@H]2C[C@@H](C1)c1cccc(=O)n1C2)c1ccc2c(c1)OCO2. The number of Topliss-reactive ketones (excluding diaryl/α,β-unsaturated/α-hetero) is 1. The molecular weight excluding hydrogens is 408 g/mol. The average Bonchev–Trinajstić information content (AvgIpc) is 3.20. The Morgan fingerprint density at radius 3 is 2.90 bits per heavy atom. The molecule has 0 radical (unpaired) electrons. The van der Waals surface area contributed by atoms with E-state index in [2.05, 4.69) is 4.90 Å². The molecule has 0 N–H and O–H groups in total. The van der Waals surface area contributed by atoms with Gasteiger partial charge in [-0.3, -0.25) is 9.59 Å². The second kappa shape index (κ2) is 7.50. The number of likely N-dealkylation sites (tertiary alicyclic amines) is 1. The Morgan fingerprint density at radius 2 is 2.00 bits per heavy atom. The van der Waals surface area contributed by atoms with E-state index in [9.17, 15) is 9.59 Å². The van der Waals surface area contributed by atoms with E-state index in [0.29, 0.717) is 34.7 Å². The summed E-state index contributed by atoms with van der Waals surface area (Å²) in [6.45, 7) is 2.56. The van der Waals surface area contributed by atoms with Crippen molar-refractivity contribution in [3.8, 4) is 11.5 Å². The highest BCUT2D eigenvalue weighted by atomic mass is 32.2. The molecule has 0 amide bonds. The number of carbonyl (C=O) groups is 1. The second-order valence-electron chi connectivity index (χ2n) is 7.65. The summed E-state index contributed by atoms with van der Waals surface area (Å²) in [5.41, 5.74) is 1.79. The minimum Gasteiger partial charge on any atom is -0.454 e. The highest BCUT2D eigenvalue weighted by Crippen LogP contribution is 2.36. The van der Waals surface area contributed by atoms with Gasteiger partial charge in [-0.25, -0.2) is 0 Å². The zero-order chi connectivity index (χ0) is 20.0. The van der Waals surface area contributed by atoms with Crippen molar-refractivity contribution >= 4 is 34.1 Å². The number of aromatic nitrogens is 1. The Kier molecular flexibility index (Phi) is 4.83. The summed E-state index contributed by atoms with van der Waals surface area (Å²) in [5.74, 6) is 2.30. The van der Waals surface area contributed by atoms with Crippen molar-refractivity contribution < 1.29 is 14.3 Å². The Labute approximate surface area is 177 Å². The topological polar surface area (TPSA) is 60.8 Å². The molecule has 3 aliphatic heterocycles. The molecule has 3 aliphatic rings. The predicted octanol–water partition coefficient (Wildman–Crippen LogP) is 2.90. The Hall–Kier alpha value is -2.32. The number of thioether (sulfide) groups is 1. The first-order chi connectivity index (χ1) is 14.1. The summed E-state index contributed by atoms with van der Waals surface area (Å²) in [4.78, 5) is 27.0. The van der Waals surface area contributed by atoms with E-state index >= 15 is 0 Å². The molecule has 0 aliphatic carbocycles. The molecule has 5 rings (SSSR count). The molecular formula is C21H20N2O4S2. The Balaban J connectivity index is 1.23. The van der Waals surface area contributed by atoms with E-state index in [0.717, 1.165) is 36.1 Å². The average molecular weight is 429 g/mol. The number of piperidine rings is 1. The van der Waals surface area contributed by atoms with Crippen molar-refractivity contribution in [3.05, 3.63) is 58.0 Å². The summed E-state index contributed by atoms with van der Waals surface area (Å²) in [6, 6.07) is 10.8. The van der Waals surface area contributed by atoms with Crippen LogP contribution >= 0.6 is 24.0 Å². The van der Waals surface area contributed by atoms with Gasteiger partial charge in [-0.1, -0.05) is 30.0 Å². The third kappa shape index (κ3) is 3.55. The van der Waals surface area contributed by atoms with Gasteiger partial charge >= 0.3 is 0 Å². The highest BCUT2D eigenvalue weighted by molar-refractivity contribution is 8.23. The molecule has 2 bridgehead atoms. The second-order valence-corrected chi connectivity index (χ2v) is 9.26. The minimum atomic E-state index is 0.0183. The van der Waals surface area contributed by atoms with Crippen LogP contribution in [0.2, 0.25) is 0 Å². The van der Waals surface area contributed by atoms with Crippen LogP contribution in [0.4, 0.5) is 0 Å². The zero-order valence-corrected chi connectivity index (χ0v) is 17.3. The lowest BCUT2D eigenvalue weighted by Crippen LogP contribution is -2.48. The van der Waals surface area contributed by atoms with E-state index in [4.69, 9.17) is 21.7 Å². The van der Waals surface area contributed by atoms with Gasteiger partial charge in [-0.15, -0.1) is 0 Å². The van der Waals surface area contributed by atoms with Gasteiger partial charge in [-0.2, -0.15) is 0 Å². The third-order valence-corrected chi connectivity index (χ3v) is 7.28. The molecule has 2 atom stereocenters. The van der Waals surface area contributed by atoms with Crippen molar-refractivity contribution in [2.24, 2.45) is 5.92 Å². The van der Waals surface area contributed by atoms with E-state index in [1.807, 2.05) is 16.7 Å². The van der Waals surface area contributed by atoms with Crippen molar-refractivity contribution in [1.82, 2.24) is 9.47 Å². The van der Waals surface area contributed by atoms with E-state index in [-0.39, 0.29) is 18.1 Å². The number of carbonyl (C=O) groups excluding carboxylic acids is 1. The number of pyridine rings is 1. The van der Waals surface area contributed by atoms with Crippen molar-refractivity contribution in [1.29, 1.82) is 0 Å². The van der Waals surface area contributed by atoms with Crippen LogP contribution in [0, 0.1) is 5.92 Å². The van der Waals surface area contributed by atoms with Gasteiger partial charge in [0.2, 0.25) is 6.79 Å². The van der Waals surface area contributed by atoms with Crippen LogP contribution in [0.15, 0.2) is 41.2 Å². The lowest BCUT2D eigenvalue weighted by molar-refractivity contribution is 0.102. The molecule has 0 unspecified atom stereocenters. The van der Waals surface area contributed by atoms with Crippen molar-refractivity contribution in [2.45, 2.75) is 18.9 Å². The quantitative estimate of drug-likeness (QED) is 0.550. The maximum Gasteiger partial charge on any atom is 0.250 e. The molecule has 1 aromatic heterocycles. The van der Waals surface area contributed by atoms with Gasteiger partial charge in [0.25, 0.3) is 5.56 Å². The molecule has 1 aromatic carbocycles. The fourth-order valence-electron chi connectivity index (χ4n) is 4.42. The highest BCUT2D eigenvalue weighted by Gasteiger charge is 2.35. The van der Waals surface area contributed by atoms with Crippen molar-refractivity contribution in [2.75, 3.05) is 25.6 Å². The van der Waals surface area contributed by atoms with Gasteiger partial charge in [-0.05, 0) is 36.6 Å². The summed E-state index contributed by atoms with van der Waals surface area (Å²) >= 11 is 7.06. The first kappa shape index (κ1) is 18.7. The maximum atomic E-state index is 12.6. The number of hydrogen-bond acceptors (Lipinski definition) is 6. The number of ether oxygens (including phenoxy) is 2. The van der Waals surface area contributed by atoms with E-state index in [1.54, 1.807) is 24.3 Å². The standard InChI is InChI=1S/C21H20N2O4S2/c24-17(14-4-5-18-19(7-14)27-12-26-18)11-29-21(28)22-8-13-6-15(10-22)16-2-1-3-20(25)23(16)9-13/h1-5,7,13,15H,6,8-12H2/t13-,15-/m0/s1. The normalized spacial score (nSPS) is 21.6. The van der Waals surface area contributed by atoms with E-state index < -0.39 is 0 Å². The lowest BCUT2D eigenvalue weighted by Gasteiger charge is -2.43. The van der Waals surface area contributed by atoms with Crippen LogP contribution in [0.1, 0.15) is 28.4 Å². The van der Waals surface area contributed by atoms with Gasteiger partial charge in [0, 0.05) is 42.9 Å². The number of fused-ring (bicyclic) bond motifs is 5. The number of rotatable bonds is 3. The summed E-state index contributed by atoms with van der Waals surface area (Å²) < 4.78 is 13.3. The molecule has 0 spiro atoms. The fraction of sp³-hybridized carbons (Fsp3) is 0.381. The smallest absolute Gasteiger partial charge is 0.250 e. The number of nitrogens with zero attached hydrogens (tertiary/aromatic N) is 2. The van der Waals surface area contributed by atoms with Crippen LogP contribution in [0.5, 0.6) is 11.5 Å².